The van der Waals surface area contributed by atoms with Gasteiger partial charge in [-0.1, -0.05) is 34.1 Å². The van der Waals surface area contributed by atoms with Gasteiger partial charge < -0.3 is 10.6 Å². The minimum absolute atomic E-state index is 0.0413. The number of carbonyl (C=O) groups is 1. The average molecular weight is 415 g/mol. The second-order valence-electron chi connectivity index (χ2n) is 5.84. The Balaban J connectivity index is 1.50. The lowest BCUT2D eigenvalue weighted by Gasteiger charge is -2.09. The fraction of sp³-hybridized carbons (Fsp3) is 0.211. The third-order valence-electron chi connectivity index (χ3n) is 3.88. The van der Waals surface area contributed by atoms with Crippen LogP contribution in [0.4, 0.5) is 5.69 Å². The Bertz CT molecular complexity index is 957. The van der Waals surface area contributed by atoms with Crippen LogP contribution in [0.1, 0.15) is 6.42 Å². The van der Waals surface area contributed by atoms with Crippen LogP contribution in [0.2, 0.25) is 0 Å². The molecule has 0 fully saturated rings. The number of aromatic nitrogens is 2. The summed E-state index contributed by atoms with van der Waals surface area (Å²) < 4.78 is 2.13. The Morgan fingerprint density at radius 1 is 1.12 bits per heavy atom. The number of rotatable bonds is 7. The highest BCUT2D eigenvalue weighted by molar-refractivity contribution is 9.10. The Labute approximate surface area is 159 Å². The number of nitrogens with zero attached hydrogens (tertiary/aromatic N) is 2. The molecule has 2 N–H and O–H groups in total. The lowest BCUT2D eigenvalue weighted by Crippen LogP contribution is -2.33. The summed E-state index contributed by atoms with van der Waals surface area (Å²) in [7, 11) is 0. The molecule has 7 heteroatoms. The number of para-hydroxylation sites is 1. The Kier molecular flexibility index (Phi) is 6.01. The standard InChI is InChI=1S/C19H19BrN4O2/c20-14-7-8-17-16(11-14)19(26)24(13-23-17)12-18(25)22-10-4-9-21-15-5-2-1-3-6-15/h1-3,5-8,11,13,21H,4,9-10,12H2,(H,22,25). The molecule has 1 heterocycles. The largest absolute Gasteiger partial charge is 0.385 e. The van der Waals surface area contributed by atoms with Crippen molar-refractivity contribution >= 4 is 38.4 Å². The normalized spacial score (nSPS) is 10.7. The Hall–Kier alpha value is -2.67. The van der Waals surface area contributed by atoms with E-state index in [-0.39, 0.29) is 18.0 Å². The highest BCUT2D eigenvalue weighted by Crippen LogP contribution is 2.14. The third-order valence-corrected chi connectivity index (χ3v) is 4.37. The fourth-order valence-corrected chi connectivity index (χ4v) is 2.92. The van der Waals surface area contributed by atoms with Crippen LogP contribution < -0.4 is 16.2 Å². The highest BCUT2D eigenvalue weighted by atomic mass is 79.9. The summed E-state index contributed by atoms with van der Waals surface area (Å²) in [6.45, 7) is 1.26. The molecule has 0 atom stereocenters. The molecule has 3 rings (SSSR count). The van der Waals surface area contributed by atoms with Crippen molar-refractivity contribution in [3.05, 3.63) is 69.7 Å². The van der Waals surface area contributed by atoms with Gasteiger partial charge in [-0.3, -0.25) is 14.2 Å². The molecular weight excluding hydrogens is 396 g/mol. The van der Waals surface area contributed by atoms with Crippen LogP contribution in [0.25, 0.3) is 10.9 Å². The molecule has 1 amide bonds. The summed E-state index contributed by atoms with van der Waals surface area (Å²) in [6.07, 6.45) is 2.20. The number of anilines is 1. The van der Waals surface area contributed by atoms with E-state index in [1.165, 1.54) is 10.9 Å². The van der Waals surface area contributed by atoms with Gasteiger partial charge in [-0.15, -0.1) is 0 Å². The molecule has 0 saturated carbocycles. The number of amides is 1. The monoisotopic (exact) mass is 414 g/mol. The molecule has 0 saturated heterocycles. The molecule has 0 spiro atoms. The van der Waals surface area contributed by atoms with Gasteiger partial charge in [-0.2, -0.15) is 0 Å². The van der Waals surface area contributed by atoms with Crippen molar-refractivity contribution in [1.82, 2.24) is 14.9 Å². The maximum atomic E-state index is 12.5. The zero-order valence-electron chi connectivity index (χ0n) is 14.1. The van der Waals surface area contributed by atoms with E-state index in [0.29, 0.717) is 17.4 Å². The van der Waals surface area contributed by atoms with Gasteiger partial charge in [0.1, 0.15) is 6.54 Å². The molecule has 0 aliphatic rings. The number of benzene rings is 2. The Morgan fingerprint density at radius 3 is 2.73 bits per heavy atom. The Morgan fingerprint density at radius 2 is 1.92 bits per heavy atom. The lowest BCUT2D eigenvalue weighted by molar-refractivity contribution is -0.121. The maximum absolute atomic E-state index is 12.5. The van der Waals surface area contributed by atoms with Gasteiger partial charge in [0.2, 0.25) is 5.91 Å². The van der Waals surface area contributed by atoms with Crippen LogP contribution in [0, 0.1) is 0 Å². The zero-order chi connectivity index (χ0) is 18.4. The van der Waals surface area contributed by atoms with Crippen molar-refractivity contribution in [3.8, 4) is 0 Å². The topological polar surface area (TPSA) is 76.0 Å². The molecule has 3 aromatic rings. The molecule has 0 aliphatic heterocycles. The number of hydrogen-bond acceptors (Lipinski definition) is 4. The minimum Gasteiger partial charge on any atom is -0.385 e. The summed E-state index contributed by atoms with van der Waals surface area (Å²) in [5, 5.41) is 6.60. The van der Waals surface area contributed by atoms with E-state index in [4.69, 9.17) is 0 Å². The molecule has 0 aliphatic carbocycles. The van der Waals surface area contributed by atoms with Crippen molar-refractivity contribution < 1.29 is 4.79 Å². The average Bonchev–Trinajstić information content (AvgIpc) is 2.65. The molecule has 0 unspecified atom stereocenters. The van der Waals surface area contributed by atoms with Crippen molar-refractivity contribution in [1.29, 1.82) is 0 Å². The first-order valence-corrected chi connectivity index (χ1v) is 9.13. The molecule has 6 nitrogen and oxygen atoms in total. The molecule has 1 aromatic heterocycles. The first-order valence-electron chi connectivity index (χ1n) is 8.34. The van der Waals surface area contributed by atoms with Gasteiger partial charge in [-0.25, -0.2) is 4.98 Å². The number of hydrogen-bond donors (Lipinski definition) is 2. The van der Waals surface area contributed by atoms with Gasteiger partial charge in [0, 0.05) is 23.2 Å². The summed E-state index contributed by atoms with van der Waals surface area (Å²) >= 11 is 3.35. The fourth-order valence-electron chi connectivity index (χ4n) is 2.56. The van der Waals surface area contributed by atoms with Gasteiger partial charge in [0.05, 0.1) is 17.2 Å². The SMILES string of the molecule is O=C(Cn1cnc2ccc(Br)cc2c1=O)NCCCNc1ccccc1. The van der Waals surface area contributed by atoms with Crippen LogP contribution in [0.15, 0.2) is 64.1 Å². The summed E-state index contributed by atoms with van der Waals surface area (Å²) in [6, 6.07) is 15.2. The highest BCUT2D eigenvalue weighted by Gasteiger charge is 2.08. The lowest BCUT2D eigenvalue weighted by atomic mass is 10.2. The predicted octanol–water partition coefficient (Wildman–Crippen LogP) is 2.78. The molecule has 26 heavy (non-hydrogen) atoms. The van der Waals surface area contributed by atoms with Crippen molar-refractivity contribution in [2.75, 3.05) is 18.4 Å². The van der Waals surface area contributed by atoms with E-state index in [1.54, 1.807) is 12.1 Å². The van der Waals surface area contributed by atoms with E-state index in [2.05, 4.69) is 31.5 Å². The van der Waals surface area contributed by atoms with Crippen LogP contribution in [-0.4, -0.2) is 28.5 Å². The zero-order valence-corrected chi connectivity index (χ0v) is 15.7. The molecule has 2 aromatic carbocycles. The number of carbonyl (C=O) groups excluding carboxylic acids is 1. The van der Waals surface area contributed by atoms with E-state index in [9.17, 15) is 9.59 Å². The number of fused-ring (bicyclic) bond motifs is 1. The van der Waals surface area contributed by atoms with Gasteiger partial charge in [0.15, 0.2) is 0 Å². The molecule has 134 valence electrons. The third kappa shape index (κ3) is 4.70. The van der Waals surface area contributed by atoms with Gasteiger partial charge in [-0.05, 0) is 36.8 Å². The van der Waals surface area contributed by atoms with Crippen LogP contribution in [0.5, 0.6) is 0 Å². The second kappa shape index (κ2) is 8.62. The number of halogens is 1. The molecule has 0 radical (unpaired) electrons. The molecule has 0 bridgehead atoms. The van der Waals surface area contributed by atoms with Crippen LogP contribution >= 0.6 is 15.9 Å². The van der Waals surface area contributed by atoms with Crippen molar-refractivity contribution in [2.24, 2.45) is 0 Å². The van der Waals surface area contributed by atoms with Crippen molar-refractivity contribution in [2.45, 2.75) is 13.0 Å². The predicted molar refractivity (Wildman–Crippen MR) is 106 cm³/mol. The number of nitrogens with one attached hydrogen (secondary N) is 2. The van der Waals surface area contributed by atoms with E-state index >= 15 is 0 Å². The molecular formula is C19H19BrN4O2. The van der Waals surface area contributed by atoms with E-state index < -0.39 is 0 Å². The van der Waals surface area contributed by atoms with Crippen LogP contribution in [-0.2, 0) is 11.3 Å². The van der Waals surface area contributed by atoms with Gasteiger partial charge >= 0.3 is 0 Å². The van der Waals surface area contributed by atoms with Gasteiger partial charge in [0.25, 0.3) is 5.56 Å². The second-order valence-corrected chi connectivity index (χ2v) is 6.75. The van der Waals surface area contributed by atoms with E-state index in [1.807, 2.05) is 36.4 Å². The van der Waals surface area contributed by atoms with Crippen LogP contribution in [0.3, 0.4) is 0 Å². The minimum atomic E-state index is -0.225. The smallest absolute Gasteiger partial charge is 0.261 e. The summed E-state index contributed by atoms with van der Waals surface area (Å²) in [5.74, 6) is -0.206. The maximum Gasteiger partial charge on any atom is 0.261 e. The van der Waals surface area contributed by atoms with Crippen molar-refractivity contribution in [3.63, 3.8) is 0 Å². The van der Waals surface area contributed by atoms with E-state index in [0.717, 1.165) is 23.1 Å². The quantitative estimate of drug-likeness (QED) is 0.582. The first kappa shape index (κ1) is 18.1. The summed E-state index contributed by atoms with van der Waals surface area (Å²) in [4.78, 5) is 28.8. The summed E-state index contributed by atoms with van der Waals surface area (Å²) in [5.41, 5.74) is 1.44. The first-order chi connectivity index (χ1) is 12.6.